The van der Waals surface area contributed by atoms with Crippen molar-refractivity contribution in [1.82, 2.24) is 5.32 Å². The number of hydrogen-bond donors (Lipinski definition) is 3. The number of carbonyl (C=O) groups is 2. The summed E-state index contributed by atoms with van der Waals surface area (Å²) in [5, 5.41) is 13.8. The van der Waals surface area contributed by atoms with Crippen molar-refractivity contribution in [3.63, 3.8) is 0 Å². The number of ether oxygens (including phenoxy) is 2. The maximum atomic E-state index is 11.7. The van der Waals surface area contributed by atoms with E-state index in [2.05, 4.69) is 10.6 Å². The van der Waals surface area contributed by atoms with Crippen LogP contribution in [-0.4, -0.2) is 43.5 Å². The first kappa shape index (κ1) is 15.8. The molecule has 1 rings (SSSR count). The van der Waals surface area contributed by atoms with E-state index in [1.165, 1.54) is 0 Å². The summed E-state index contributed by atoms with van der Waals surface area (Å²) in [6.07, 6.45) is 0. The molecule has 0 spiro atoms. The zero-order chi connectivity index (χ0) is 15.0. The Morgan fingerprint density at radius 1 is 1.40 bits per heavy atom. The van der Waals surface area contributed by atoms with Crippen LogP contribution in [0.3, 0.4) is 0 Å². The van der Waals surface area contributed by atoms with Crippen molar-refractivity contribution >= 4 is 17.7 Å². The van der Waals surface area contributed by atoms with Gasteiger partial charge in [0.1, 0.15) is 5.75 Å². The molecule has 7 heteroatoms. The number of carboxylic acid groups (broad SMARTS) is 1. The molecule has 7 nitrogen and oxygen atoms in total. The van der Waals surface area contributed by atoms with Crippen LogP contribution in [0.4, 0.5) is 10.5 Å². The lowest BCUT2D eigenvalue weighted by molar-refractivity contribution is -0.139. The molecule has 1 aromatic carbocycles. The van der Waals surface area contributed by atoms with Gasteiger partial charge in [0.05, 0.1) is 12.6 Å². The molecule has 2 amide bonds. The van der Waals surface area contributed by atoms with Gasteiger partial charge in [0.15, 0.2) is 6.61 Å². The van der Waals surface area contributed by atoms with Crippen LogP contribution in [0.25, 0.3) is 0 Å². The number of urea groups is 1. The van der Waals surface area contributed by atoms with E-state index in [1.807, 2.05) is 6.92 Å². The minimum Gasteiger partial charge on any atom is -0.482 e. The second-order valence-electron chi connectivity index (χ2n) is 4.17. The first-order valence-electron chi connectivity index (χ1n) is 6.02. The topological polar surface area (TPSA) is 96.9 Å². The highest BCUT2D eigenvalue weighted by Gasteiger charge is 2.07. The van der Waals surface area contributed by atoms with Gasteiger partial charge in [0.2, 0.25) is 0 Å². The Labute approximate surface area is 116 Å². The van der Waals surface area contributed by atoms with E-state index >= 15 is 0 Å². The molecule has 1 atom stereocenters. The lowest BCUT2D eigenvalue weighted by Gasteiger charge is -2.14. The molecule has 20 heavy (non-hydrogen) atoms. The third-order valence-electron chi connectivity index (χ3n) is 2.25. The van der Waals surface area contributed by atoms with Gasteiger partial charge in [-0.25, -0.2) is 9.59 Å². The summed E-state index contributed by atoms with van der Waals surface area (Å²) in [5.41, 5.74) is 0.509. The van der Waals surface area contributed by atoms with Crippen molar-refractivity contribution in [3.05, 3.63) is 24.3 Å². The van der Waals surface area contributed by atoms with Crippen molar-refractivity contribution in [2.24, 2.45) is 0 Å². The Balaban J connectivity index is 2.52. The lowest BCUT2D eigenvalue weighted by atomic mass is 10.3. The van der Waals surface area contributed by atoms with E-state index in [0.717, 1.165) is 0 Å². The second-order valence-corrected chi connectivity index (χ2v) is 4.17. The zero-order valence-electron chi connectivity index (χ0n) is 11.4. The Morgan fingerprint density at radius 2 is 2.15 bits per heavy atom. The van der Waals surface area contributed by atoms with Crippen LogP contribution in [0.5, 0.6) is 5.75 Å². The van der Waals surface area contributed by atoms with Gasteiger partial charge in [0.25, 0.3) is 0 Å². The molecule has 1 aromatic rings. The minimum absolute atomic E-state index is 0.119. The van der Waals surface area contributed by atoms with Gasteiger partial charge in [-0.1, -0.05) is 6.07 Å². The van der Waals surface area contributed by atoms with Gasteiger partial charge in [-0.15, -0.1) is 0 Å². The van der Waals surface area contributed by atoms with Crippen molar-refractivity contribution < 1.29 is 24.2 Å². The smallest absolute Gasteiger partial charge is 0.341 e. The summed E-state index contributed by atoms with van der Waals surface area (Å²) in [7, 11) is 1.55. The van der Waals surface area contributed by atoms with Crippen LogP contribution in [0.2, 0.25) is 0 Å². The summed E-state index contributed by atoms with van der Waals surface area (Å²) >= 11 is 0. The monoisotopic (exact) mass is 282 g/mol. The largest absolute Gasteiger partial charge is 0.482 e. The number of aliphatic carboxylic acids is 1. The maximum Gasteiger partial charge on any atom is 0.341 e. The number of methoxy groups -OCH3 is 1. The first-order valence-corrected chi connectivity index (χ1v) is 6.02. The average Bonchev–Trinajstić information content (AvgIpc) is 2.36. The summed E-state index contributed by atoms with van der Waals surface area (Å²) in [6, 6.07) is 6.00. The zero-order valence-corrected chi connectivity index (χ0v) is 11.4. The van der Waals surface area contributed by atoms with Gasteiger partial charge in [0, 0.05) is 18.9 Å². The van der Waals surface area contributed by atoms with Crippen LogP contribution in [0.1, 0.15) is 6.92 Å². The van der Waals surface area contributed by atoms with E-state index < -0.39 is 12.6 Å². The maximum absolute atomic E-state index is 11.7. The molecule has 110 valence electrons. The summed E-state index contributed by atoms with van der Waals surface area (Å²) in [6.45, 7) is 1.80. The number of rotatable bonds is 7. The van der Waals surface area contributed by atoms with Crippen molar-refractivity contribution in [2.75, 3.05) is 25.6 Å². The molecule has 1 unspecified atom stereocenters. The lowest BCUT2D eigenvalue weighted by Crippen LogP contribution is -2.38. The summed E-state index contributed by atoms with van der Waals surface area (Å²) < 4.78 is 9.93. The number of anilines is 1. The molecule has 3 N–H and O–H groups in total. The van der Waals surface area contributed by atoms with Crippen molar-refractivity contribution in [1.29, 1.82) is 0 Å². The fourth-order valence-electron chi connectivity index (χ4n) is 1.49. The summed E-state index contributed by atoms with van der Waals surface area (Å²) in [4.78, 5) is 22.1. The fraction of sp³-hybridized carbons (Fsp3) is 0.385. The van der Waals surface area contributed by atoms with Gasteiger partial charge in [-0.2, -0.15) is 0 Å². The molecule has 0 saturated carbocycles. The molecule has 0 aliphatic heterocycles. The van der Waals surface area contributed by atoms with Crippen LogP contribution in [-0.2, 0) is 9.53 Å². The first-order chi connectivity index (χ1) is 9.51. The van der Waals surface area contributed by atoms with Gasteiger partial charge in [-0.3, -0.25) is 0 Å². The van der Waals surface area contributed by atoms with Crippen molar-refractivity contribution in [2.45, 2.75) is 13.0 Å². The van der Waals surface area contributed by atoms with Crippen molar-refractivity contribution in [3.8, 4) is 5.75 Å². The Bertz CT molecular complexity index is 464. The highest BCUT2D eigenvalue weighted by molar-refractivity contribution is 5.89. The Kier molecular flexibility index (Phi) is 6.31. The number of amides is 2. The second kappa shape index (κ2) is 8.00. The Morgan fingerprint density at radius 3 is 2.80 bits per heavy atom. The molecule has 0 bridgehead atoms. The molecular weight excluding hydrogens is 264 g/mol. The molecule has 0 aliphatic carbocycles. The average molecular weight is 282 g/mol. The number of benzene rings is 1. The van der Waals surface area contributed by atoms with E-state index in [-0.39, 0.29) is 12.1 Å². The minimum atomic E-state index is -1.06. The van der Waals surface area contributed by atoms with Crippen LogP contribution in [0, 0.1) is 0 Å². The predicted octanol–water partition coefficient (Wildman–Crippen LogP) is 1.31. The molecule has 0 aromatic heterocycles. The third kappa shape index (κ3) is 6.05. The van der Waals surface area contributed by atoms with Gasteiger partial charge >= 0.3 is 12.0 Å². The van der Waals surface area contributed by atoms with Gasteiger partial charge < -0.3 is 25.2 Å². The van der Waals surface area contributed by atoms with Crippen LogP contribution in [0.15, 0.2) is 24.3 Å². The van der Waals surface area contributed by atoms with E-state index in [1.54, 1.807) is 31.4 Å². The quantitative estimate of drug-likeness (QED) is 0.700. The molecule has 0 saturated heterocycles. The van der Waals surface area contributed by atoms with Crippen LogP contribution >= 0.6 is 0 Å². The number of nitrogens with one attached hydrogen (secondary N) is 2. The molecule has 0 heterocycles. The molecule has 0 fully saturated rings. The highest BCUT2D eigenvalue weighted by Crippen LogP contribution is 2.17. The SMILES string of the molecule is COCC(C)NC(=O)Nc1cccc(OCC(=O)O)c1. The molecular formula is C13H18N2O5. The Hall–Kier alpha value is -2.28. The standard InChI is InChI=1S/C13H18N2O5/c1-9(7-19-2)14-13(18)15-10-4-3-5-11(6-10)20-8-12(16)17/h3-6,9H,7-8H2,1-2H3,(H,16,17)(H2,14,15,18). The molecule has 0 radical (unpaired) electrons. The van der Waals surface area contributed by atoms with E-state index in [4.69, 9.17) is 14.6 Å². The third-order valence-corrected chi connectivity index (χ3v) is 2.25. The summed E-state index contributed by atoms with van der Waals surface area (Å²) in [5.74, 6) is -0.690. The number of hydrogen-bond acceptors (Lipinski definition) is 4. The normalized spacial score (nSPS) is 11.5. The molecule has 0 aliphatic rings. The van der Waals surface area contributed by atoms with Crippen LogP contribution < -0.4 is 15.4 Å². The number of carboxylic acids is 1. The predicted molar refractivity (Wildman–Crippen MR) is 73.1 cm³/mol. The number of carbonyl (C=O) groups excluding carboxylic acids is 1. The van der Waals surface area contributed by atoms with E-state index in [0.29, 0.717) is 18.0 Å². The fourth-order valence-corrected chi connectivity index (χ4v) is 1.49. The van der Waals surface area contributed by atoms with E-state index in [9.17, 15) is 9.59 Å². The highest BCUT2D eigenvalue weighted by atomic mass is 16.5. The van der Waals surface area contributed by atoms with Gasteiger partial charge in [-0.05, 0) is 19.1 Å².